The molecule has 19 heavy (non-hydrogen) atoms. The van der Waals surface area contributed by atoms with Gasteiger partial charge in [0.1, 0.15) is 0 Å². The van der Waals surface area contributed by atoms with Gasteiger partial charge in [0.15, 0.2) is 0 Å². The van der Waals surface area contributed by atoms with Crippen molar-refractivity contribution in [2.24, 2.45) is 17.6 Å². The summed E-state index contributed by atoms with van der Waals surface area (Å²) in [6.07, 6.45) is 3.19. The molecule has 1 aromatic heterocycles. The molecule has 0 radical (unpaired) electrons. The molecular weight excluding hydrogens is 258 g/mol. The molecule has 1 rings (SSSR count). The van der Waals surface area contributed by atoms with Crippen molar-refractivity contribution in [1.82, 2.24) is 0 Å². The molecule has 0 fully saturated rings. The second kappa shape index (κ2) is 9.10. The van der Waals surface area contributed by atoms with Gasteiger partial charge in [0.2, 0.25) is 0 Å². The Morgan fingerprint density at radius 2 is 2.21 bits per heavy atom. The Morgan fingerprint density at radius 3 is 2.79 bits per heavy atom. The van der Waals surface area contributed by atoms with Gasteiger partial charge >= 0.3 is 5.97 Å². The largest absolute Gasteiger partial charge is 0.465 e. The minimum Gasteiger partial charge on any atom is -0.465 e. The second-order valence-electron chi connectivity index (χ2n) is 5.17. The zero-order valence-electron chi connectivity index (χ0n) is 11.9. The van der Waals surface area contributed by atoms with E-state index in [2.05, 4.69) is 19.9 Å². The number of hydrogen-bond donors (Lipinski definition) is 1. The van der Waals surface area contributed by atoms with Crippen LogP contribution < -0.4 is 5.73 Å². The van der Waals surface area contributed by atoms with E-state index in [1.807, 2.05) is 11.4 Å². The van der Waals surface area contributed by atoms with Gasteiger partial charge < -0.3 is 10.5 Å². The molecule has 1 unspecified atom stereocenters. The first-order valence-electron chi connectivity index (χ1n) is 7.01. The highest BCUT2D eigenvalue weighted by Crippen LogP contribution is 2.20. The predicted octanol–water partition coefficient (Wildman–Crippen LogP) is 3.24. The van der Waals surface area contributed by atoms with Crippen molar-refractivity contribution in [1.29, 1.82) is 0 Å². The van der Waals surface area contributed by atoms with E-state index in [1.165, 1.54) is 4.88 Å². The van der Waals surface area contributed by atoms with E-state index in [0.717, 1.165) is 19.3 Å². The Hall–Kier alpha value is -0.870. The maximum Gasteiger partial charge on any atom is 0.305 e. The Balaban J connectivity index is 2.16. The molecule has 4 heteroatoms. The Morgan fingerprint density at radius 1 is 1.42 bits per heavy atom. The lowest BCUT2D eigenvalue weighted by Crippen LogP contribution is -2.17. The summed E-state index contributed by atoms with van der Waals surface area (Å²) < 4.78 is 5.26. The Bertz CT molecular complexity index is 349. The minimum atomic E-state index is -0.0840. The smallest absolute Gasteiger partial charge is 0.305 e. The normalized spacial score (nSPS) is 12.6. The third-order valence-corrected chi connectivity index (χ3v) is 4.33. The van der Waals surface area contributed by atoms with Crippen molar-refractivity contribution in [3.05, 3.63) is 22.4 Å². The lowest BCUT2D eigenvalue weighted by atomic mass is 9.88. The molecule has 1 aromatic rings. The molecule has 0 amide bonds. The standard InChI is InChI=1S/C15H25NO2S/c1-12(2)13(7-9-16)5-6-15(17)18-10-8-14-4-3-11-19-14/h3-4,11-13H,5-10,16H2,1-2H3. The van der Waals surface area contributed by atoms with Gasteiger partial charge in [-0.3, -0.25) is 4.79 Å². The number of carbonyl (C=O) groups excluding carboxylic acids is 1. The topological polar surface area (TPSA) is 52.3 Å². The first-order valence-corrected chi connectivity index (χ1v) is 7.89. The molecule has 0 saturated heterocycles. The average Bonchev–Trinajstić information content (AvgIpc) is 2.87. The summed E-state index contributed by atoms with van der Waals surface area (Å²) in [4.78, 5) is 12.9. The Labute approximate surface area is 120 Å². The van der Waals surface area contributed by atoms with Crippen LogP contribution in [0, 0.1) is 11.8 Å². The summed E-state index contributed by atoms with van der Waals surface area (Å²) in [6, 6.07) is 4.08. The molecule has 2 N–H and O–H groups in total. The van der Waals surface area contributed by atoms with Crippen LogP contribution in [0.2, 0.25) is 0 Å². The molecule has 0 aliphatic rings. The van der Waals surface area contributed by atoms with E-state index in [-0.39, 0.29) is 5.97 Å². The van der Waals surface area contributed by atoms with Crippen LogP contribution in [0.5, 0.6) is 0 Å². The third kappa shape index (κ3) is 6.73. The van der Waals surface area contributed by atoms with Crippen molar-refractivity contribution >= 4 is 17.3 Å². The van der Waals surface area contributed by atoms with Gasteiger partial charge in [-0.25, -0.2) is 0 Å². The summed E-state index contributed by atoms with van der Waals surface area (Å²) in [5.74, 6) is 1.01. The maximum absolute atomic E-state index is 11.7. The zero-order valence-corrected chi connectivity index (χ0v) is 12.7. The first kappa shape index (κ1) is 16.2. The summed E-state index contributed by atoms with van der Waals surface area (Å²) in [7, 11) is 0. The first-order chi connectivity index (χ1) is 9.13. The molecule has 0 spiro atoms. The van der Waals surface area contributed by atoms with Crippen LogP contribution in [0.15, 0.2) is 17.5 Å². The molecule has 0 aliphatic heterocycles. The number of ether oxygens (including phenoxy) is 1. The highest BCUT2D eigenvalue weighted by atomic mass is 32.1. The van der Waals surface area contributed by atoms with E-state index >= 15 is 0 Å². The number of nitrogens with two attached hydrogens (primary N) is 1. The Kier molecular flexibility index (Phi) is 7.75. The monoisotopic (exact) mass is 283 g/mol. The van der Waals surface area contributed by atoms with Gasteiger partial charge in [-0.2, -0.15) is 0 Å². The molecule has 3 nitrogen and oxygen atoms in total. The van der Waals surface area contributed by atoms with Gasteiger partial charge in [0.25, 0.3) is 0 Å². The fourth-order valence-electron chi connectivity index (χ4n) is 2.12. The van der Waals surface area contributed by atoms with Crippen molar-refractivity contribution in [3.63, 3.8) is 0 Å². The highest BCUT2D eigenvalue weighted by molar-refractivity contribution is 7.09. The van der Waals surface area contributed by atoms with Crippen LogP contribution in [-0.4, -0.2) is 19.1 Å². The van der Waals surface area contributed by atoms with E-state index in [1.54, 1.807) is 11.3 Å². The number of hydrogen-bond acceptors (Lipinski definition) is 4. The van der Waals surface area contributed by atoms with Crippen molar-refractivity contribution in [2.45, 2.75) is 39.5 Å². The summed E-state index contributed by atoms with van der Waals surface area (Å²) in [6.45, 7) is 5.55. The lowest BCUT2D eigenvalue weighted by molar-refractivity contribution is -0.143. The van der Waals surface area contributed by atoms with Crippen molar-refractivity contribution in [2.75, 3.05) is 13.2 Å². The molecule has 0 aliphatic carbocycles. The quantitative estimate of drug-likeness (QED) is 0.708. The molecule has 0 aromatic carbocycles. The summed E-state index contributed by atoms with van der Waals surface area (Å²) in [5, 5.41) is 2.04. The molecule has 0 saturated carbocycles. The molecule has 1 atom stereocenters. The number of rotatable bonds is 9. The second-order valence-corrected chi connectivity index (χ2v) is 6.20. The molecule has 108 valence electrons. The van der Waals surface area contributed by atoms with E-state index in [4.69, 9.17) is 10.5 Å². The molecule has 0 bridgehead atoms. The van der Waals surface area contributed by atoms with Gasteiger partial charge in [-0.05, 0) is 42.7 Å². The van der Waals surface area contributed by atoms with Gasteiger partial charge in [-0.1, -0.05) is 19.9 Å². The van der Waals surface area contributed by atoms with Crippen LogP contribution in [-0.2, 0) is 16.0 Å². The van der Waals surface area contributed by atoms with Crippen LogP contribution in [0.3, 0.4) is 0 Å². The molecular formula is C15H25NO2S. The number of thiophene rings is 1. The minimum absolute atomic E-state index is 0.0840. The summed E-state index contributed by atoms with van der Waals surface area (Å²) >= 11 is 1.70. The van der Waals surface area contributed by atoms with Crippen LogP contribution >= 0.6 is 11.3 Å². The number of esters is 1. The van der Waals surface area contributed by atoms with Gasteiger partial charge in [0, 0.05) is 17.7 Å². The van der Waals surface area contributed by atoms with Gasteiger partial charge in [0.05, 0.1) is 6.61 Å². The summed E-state index contributed by atoms with van der Waals surface area (Å²) in [5.41, 5.74) is 5.59. The van der Waals surface area contributed by atoms with Crippen molar-refractivity contribution in [3.8, 4) is 0 Å². The zero-order chi connectivity index (χ0) is 14.1. The fraction of sp³-hybridized carbons (Fsp3) is 0.667. The van der Waals surface area contributed by atoms with Crippen LogP contribution in [0.4, 0.5) is 0 Å². The van der Waals surface area contributed by atoms with E-state index in [9.17, 15) is 4.79 Å². The molecule has 1 heterocycles. The number of carbonyl (C=O) groups is 1. The SMILES string of the molecule is CC(C)C(CCN)CCC(=O)OCCc1cccs1. The maximum atomic E-state index is 11.7. The average molecular weight is 283 g/mol. The van der Waals surface area contributed by atoms with E-state index < -0.39 is 0 Å². The lowest BCUT2D eigenvalue weighted by Gasteiger charge is -2.19. The predicted molar refractivity (Wildman–Crippen MR) is 80.2 cm³/mol. The van der Waals surface area contributed by atoms with Crippen LogP contribution in [0.25, 0.3) is 0 Å². The highest BCUT2D eigenvalue weighted by Gasteiger charge is 2.14. The van der Waals surface area contributed by atoms with E-state index in [0.29, 0.717) is 31.4 Å². The van der Waals surface area contributed by atoms with Crippen LogP contribution in [0.1, 0.15) is 38.0 Å². The fourth-order valence-corrected chi connectivity index (χ4v) is 2.81. The van der Waals surface area contributed by atoms with Gasteiger partial charge in [-0.15, -0.1) is 11.3 Å². The van der Waals surface area contributed by atoms with Crippen molar-refractivity contribution < 1.29 is 9.53 Å². The third-order valence-electron chi connectivity index (χ3n) is 3.39.